The number of anilines is 1. The number of nitrogens with zero attached hydrogens (tertiary/aromatic N) is 1. The lowest BCUT2D eigenvalue weighted by atomic mass is 9.68. The first-order valence-electron chi connectivity index (χ1n) is 6.37. The van der Waals surface area contributed by atoms with Gasteiger partial charge in [0.25, 0.3) is 0 Å². The molecule has 1 N–H and O–H groups in total. The van der Waals surface area contributed by atoms with E-state index in [-0.39, 0.29) is 5.41 Å². The molecule has 1 saturated carbocycles. The minimum atomic E-state index is -0.791. The van der Waals surface area contributed by atoms with Crippen molar-refractivity contribution in [3.63, 3.8) is 0 Å². The van der Waals surface area contributed by atoms with Crippen molar-refractivity contribution >= 4 is 5.69 Å². The van der Waals surface area contributed by atoms with E-state index in [9.17, 15) is 8.78 Å². The molecule has 0 spiro atoms. The molecule has 2 nitrogen and oxygen atoms in total. The number of hydrogen-bond donors (Lipinski definition) is 1. The zero-order chi connectivity index (χ0) is 13.2. The standard InChI is InChI=1S/C14H20F2N2/c1-17-9-14(6-3-7-14)10-18(2)11-4-5-12(15)13(16)8-11/h4-5,8,17H,3,6-7,9-10H2,1-2H3. The predicted octanol–water partition coefficient (Wildman–Crippen LogP) is 2.79. The summed E-state index contributed by atoms with van der Waals surface area (Å²) in [7, 11) is 3.89. The summed E-state index contributed by atoms with van der Waals surface area (Å²) in [5.74, 6) is -1.57. The zero-order valence-corrected chi connectivity index (χ0v) is 11.0. The average molecular weight is 254 g/mol. The van der Waals surface area contributed by atoms with Crippen LogP contribution in [-0.2, 0) is 0 Å². The molecule has 0 atom stereocenters. The Labute approximate surface area is 107 Å². The van der Waals surface area contributed by atoms with Crippen LogP contribution in [-0.4, -0.2) is 27.2 Å². The monoisotopic (exact) mass is 254 g/mol. The lowest BCUT2D eigenvalue weighted by molar-refractivity contribution is 0.143. The highest BCUT2D eigenvalue weighted by molar-refractivity contribution is 5.46. The largest absolute Gasteiger partial charge is 0.374 e. The number of nitrogens with one attached hydrogen (secondary N) is 1. The Bertz CT molecular complexity index is 416. The van der Waals surface area contributed by atoms with Gasteiger partial charge in [-0.3, -0.25) is 0 Å². The molecule has 0 heterocycles. The van der Waals surface area contributed by atoms with Crippen LogP contribution in [0.4, 0.5) is 14.5 Å². The van der Waals surface area contributed by atoms with Crippen molar-refractivity contribution in [1.29, 1.82) is 0 Å². The third-order valence-corrected chi connectivity index (χ3v) is 3.88. The first-order valence-corrected chi connectivity index (χ1v) is 6.37. The second-order valence-corrected chi connectivity index (χ2v) is 5.34. The van der Waals surface area contributed by atoms with Crippen molar-refractivity contribution in [1.82, 2.24) is 5.32 Å². The molecule has 0 radical (unpaired) electrons. The maximum Gasteiger partial charge on any atom is 0.160 e. The molecule has 1 aromatic carbocycles. The number of hydrogen-bond acceptors (Lipinski definition) is 2. The first-order chi connectivity index (χ1) is 8.56. The Morgan fingerprint density at radius 3 is 2.50 bits per heavy atom. The van der Waals surface area contributed by atoms with Crippen LogP contribution in [0.3, 0.4) is 0 Å². The van der Waals surface area contributed by atoms with Gasteiger partial charge in [0.15, 0.2) is 11.6 Å². The van der Waals surface area contributed by atoms with E-state index in [0.29, 0.717) is 0 Å². The molecule has 1 aliphatic rings. The fourth-order valence-electron chi connectivity index (χ4n) is 2.76. The summed E-state index contributed by atoms with van der Waals surface area (Å²) in [5.41, 5.74) is 1.02. The molecule has 0 amide bonds. The van der Waals surface area contributed by atoms with Crippen LogP contribution in [0.15, 0.2) is 18.2 Å². The summed E-state index contributed by atoms with van der Waals surface area (Å²) in [6, 6.07) is 4.08. The maximum absolute atomic E-state index is 13.2. The van der Waals surface area contributed by atoms with Crippen LogP contribution < -0.4 is 10.2 Å². The number of benzene rings is 1. The highest BCUT2D eigenvalue weighted by Crippen LogP contribution is 2.41. The molecule has 0 aromatic heterocycles. The summed E-state index contributed by atoms with van der Waals surface area (Å²) in [4.78, 5) is 2.01. The van der Waals surface area contributed by atoms with Gasteiger partial charge in [0.1, 0.15) is 0 Å². The van der Waals surface area contributed by atoms with E-state index in [0.717, 1.165) is 18.8 Å². The van der Waals surface area contributed by atoms with E-state index in [4.69, 9.17) is 0 Å². The molecular formula is C14H20F2N2. The normalized spacial score (nSPS) is 17.3. The topological polar surface area (TPSA) is 15.3 Å². The van der Waals surface area contributed by atoms with Crippen LogP contribution in [0.1, 0.15) is 19.3 Å². The molecule has 0 aliphatic heterocycles. The maximum atomic E-state index is 13.2. The van der Waals surface area contributed by atoms with Crippen LogP contribution in [0.2, 0.25) is 0 Å². The highest BCUT2D eigenvalue weighted by Gasteiger charge is 2.37. The zero-order valence-electron chi connectivity index (χ0n) is 11.0. The van der Waals surface area contributed by atoms with Crippen LogP contribution in [0.25, 0.3) is 0 Å². The summed E-state index contributed by atoms with van der Waals surface area (Å²) in [6.07, 6.45) is 3.65. The summed E-state index contributed by atoms with van der Waals surface area (Å²) in [6.45, 7) is 1.85. The second kappa shape index (κ2) is 5.22. The molecule has 1 aliphatic carbocycles. The summed E-state index contributed by atoms with van der Waals surface area (Å²) < 4.78 is 26.1. The molecule has 0 bridgehead atoms. The van der Waals surface area contributed by atoms with E-state index in [1.807, 2.05) is 19.0 Å². The summed E-state index contributed by atoms with van der Waals surface area (Å²) in [5, 5.41) is 3.23. The smallest absolute Gasteiger partial charge is 0.160 e. The van der Waals surface area contributed by atoms with E-state index in [2.05, 4.69) is 5.32 Å². The molecule has 100 valence electrons. The third kappa shape index (κ3) is 2.64. The second-order valence-electron chi connectivity index (χ2n) is 5.34. The first kappa shape index (κ1) is 13.3. The van der Waals surface area contributed by atoms with Gasteiger partial charge in [-0.1, -0.05) is 6.42 Å². The number of rotatable bonds is 5. The van der Waals surface area contributed by atoms with E-state index < -0.39 is 11.6 Å². The SMILES string of the molecule is CNCC1(CN(C)c2ccc(F)c(F)c2)CCC1. The van der Waals surface area contributed by atoms with Gasteiger partial charge in [0.05, 0.1) is 0 Å². The summed E-state index contributed by atoms with van der Waals surface area (Å²) >= 11 is 0. The van der Waals surface area contributed by atoms with E-state index in [1.54, 1.807) is 6.07 Å². The Hall–Kier alpha value is -1.16. The average Bonchev–Trinajstić information content (AvgIpc) is 2.30. The lowest BCUT2D eigenvalue weighted by Crippen LogP contribution is -2.47. The van der Waals surface area contributed by atoms with Crippen molar-refractivity contribution in [3.05, 3.63) is 29.8 Å². The van der Waals surface area contributed by atoms with E-state index >= 15 is 0 Å². The Morgan fingerprint density at radius 2 is 2.00 bits per heavy atom. The highest BCUT2D eigenvalue weighted by atomic mass is 19.2. The predicted molar refractivity (Wildman–Crippen MR) is 69.8 cm³/mol. The Balaban J connectivity index is 2.06. The molecule has 0 unspecified atom stereocenters. The fourth-order valence-corrected chi connectivity index (χ4v) is 2.76. The Kier molecular flexibility index (Phi) is 3.85. The van der Waals surface area contributed by atoms with Gasteiger partial charge in [-0.05, 0) is 32.0 Å². The van der Waals surface area contributed by atoms with Gasteiger partial charge in [-0.25, -0.2) is 8.78 Å². The van der Waals surface area contributed by atoms with Gasteiger partial charge < -0.3 is 10.2 Å². The van der Waals surface area contributed by atoms with Crippen molar-refractivity contribution in [2.75, 3.05) is 32.1 Å². The lowest BCUT2D eigenvalue weighted by Gasteiger charge is -2.45. The van der Waals surface area contributed by atoms with Crippen molar-refractivity contribution in [2.24, 2.45) is 5.41 Å². The van der Waals surface area contributed by atoms with Gasteiger partial charge in [-0.15, -0.1) is 0 Å². The molecule has 2 rings (SSSR count). The molecule has 0 saturated heterocycles. The van der Waals surface area contributed by atoms with E-state index in [1.165, 1.54) is 31.4 Å². The molecule has 4 heteroatoms. The van der Waals surface area contributed by atoms with Crippen molar-refractivity contribution in [3.8, 4) is 0 Å². The van der Waals surface area contributed by atoms with Crippen molar-refractivity contribution in [2.45, 2.75) is 19.3 Å². The van der Waals surface area contributed by atoms with Gasteiger partial charge >= 0.3 is 0 Å². The van der Waals surface area contributed by atoms with Gasteiger partial charge in [-0.2, -0.15) is 0 Å². The van der Waals surface area contributed by atoms with Crippen LogP contribution in [0.5, 0.6) is 0 Å². The Morgan fingerprint density at radius 1 is 1.28 bits per heavy atom. The minimum absolute atomic E-state index is 0.286. The molecule has 1 aromatic rings. The van der Waals surface area contributed by atoms with Crippen LogP contribution >= 0.6 is 0 Å². The molecular weight excluding hydrogens is 234 g/mol. The fraction of sp³-hybridized carbons (Fsp3) is 0.571. The molecule has 18 heavy (non-hydrogen) atoms. The van der Waals surface area contributed by atoms with Crippen molar-refractivity contribution < 1.29 is 8.78 Å². The molecule has 1 fully saturated rings. The minimum Gasteiger partial charge on any atom is -0.374 e. The van der Waals surface area contributed by atoms with Gasteiger partial charge in [0, 0.05) is 37.3 Å². The number of halogens is 2. The van der Waals surface area contributed by atoms with Crippen LogP contribution in [0, 0.1) is 17.0 Å². The third-order valence-electron chi connectivity index (χ3n) is 3.88. The quantitative estimate of drug-likeness (QED) is 0.869. The van der Waals surface area contributed by atoms with Gasteiger partial charge in [0.2, 0.25) is 0 Å².